The molecule has 0 aliphatic heterocycles. The van der Waals surface area contributed by atoms with Crippen LogP contribution in [0.1, 0.15) is 54.2 Å². The van der Waals surface area contributed by atoms with Crippen LogP contribution < -0.4 is 0 Å². The zero-order valence-corrected chi connectivity index (χ0v) is 14.8. The summed E-state index contributed by atoms with van der Waals surface area (Å²) in [4.78, 5) is 23.1. The van der Waals surface area contributed by atoms with Crippen LogP contribution in [0.5, 0.6) is 0 Å². The van der Waals surface area contributed by atoms with Crippen molar-refractivity contribution >= 4 is 5.78 Å². The van der Waals surface area contributed by atoms with E-state index in [-0.39, 0.29) is 17.5 Å². The van der Waals surface area contributed by atoms with Crippen LogP contribution in [-0.2, 0) is 6.42 Å². The molecule has 0 aliphatic rings. The number of rotatable bonds is 9. The quantitative estimate of drug-likeness (QED) is 0.438. The summed E-state index contributed by atoms with van der Waals surface area (Å²) in [6.45, 7) is 1.75. The maximum Gasteiger partial charge on any atom is 0.263 e. The molecule has 26 heavy (non-hydrogen) atoms. The Morgan fingerprint density at radius 2 is 2.04 bits per heavy atom. The van der Waals surface area contributed by atoms with E-state index in [9.17, 15) is 9.18 Å². The molecule has 0 radical (unpaired) electrons. The Morgan fingerprint density at radius 1 is 1.19 bits per heavy atom. The highest BCUT2D eigenvalue weighted by Gasteiger charge is 2.11. The van der Waals surface area contributed by atoms with Crippen LogP contribution in [0.2, 0.25) is 0 Å². The fourth-order valence-electron chi connectivity index (χ4n) is 2.88. The van der Waals surface area contributed by atoms with Crippen LogP contribution in [0.15, 0.2) is 41.3 Å². The number of aromatic nitrogens is 3. The van der Waals surface area contributed by atoms with Crippen molar-refractivity contribution in [1.82, 2.24) is 15.0 Å². The van der Waals surface area contributed by atoms with Gasteiger partial charge in [0.15, 0.2) is 0 Å². The van der Waals surface area contributed by atoms with Gasteiger partial charge in [0, 0.05) is 18.4 Å². The lowest BCUT2D eigenvalue weighted by molar-refractivity contribution is 0.0945. The molecule has 3 aromatic rings. The normalized spacial score (nSPS) is 11.0. The highest BCUT2D eigenvalue weighted by atomic mass is 19.1. The second-order valence-electron chi connectivity index (χ2n) is 6.35. The van der Waals surface area contributed by atoms with Gasteiger partial charge in [0.05, 0.1) is 18.1 Å². The first-order valence-corrected chi connectivity index (χ1v) is 8.87. The number of nitrogens with one attached hydrogen (secondary N) is 1. The second-order valence-corrected chi connectivity index (χ2v) is 6.35. The number of nitrogens with zero attached hydrogens (tertiary/aromatic N) is 2. The topological polar surface area (TPSA) is 71.8 Å². The molecular weight excluding hydrogens is 333 g/mol. The highest BCUT2D eigenvalue weighted by molar-refractivity contribution is 5.91. The molecule has 0 saturated carbocycles. The summed E-state index contributed by atoms with van der Waals surface area (Å²) in [6.07, 6.45) is 9.60. The monoisotopic (exact) mass is 355 g/mol. The van der Waals surface area contributed by atoms with Crippen LogP contribution >= 0.6 is 0 Å². The molecule has 0 aliphatic carbocycles. The summed E-state index contributed by atoms with van der Waals surface area (Å²) in [5, 5.41) is 0. The van der Waals surface area contributed by atoms with Crippen molar-refractivity contribution in [2.24, 2.45) is 0 Å². The summed E-state index contributed by atoms with van der Waals surface area (Å²) in [6, 6.07) is 5.35. The van der Waals surface area contributed by atoms with Crippen LogP contribution in [0, 0.1) is 12.7 Å². The summed E-state index contributed by atoms with van der Waals surface area (Å²) >= 11 is 0. The van der Waals surface area contributed by atoms with E-state index in [1.807, 2.05) is 6.07 Å². The number of carbonyl (C=O) groups is 1. The van der Waals surface area contributed by atoms with E-state index < -0.39 is 0 Å². The van der Waals surface area contributed by atoms with Crippen molar-refractivity contribution in [3.63, 3.8) is 0 Å². The van der Waals surface area contributed by atoms with Crippen LogP contribution in [0.4, 0.5) is 4.39 Å². The van der Waals surface area contributed by atoms with Gasteiger partial charge in [-0.2, -0.15) is 0 Å². The van der Waals surface area contributed by atoms with E-state index in [0.717, 1.165) is 37.9 Å². The number of benzene rings is 1. The van der Waals surface area contributed by atoms with Crippen LogP contribution in [0.3, 0.4) is 0 Å². The van der Waals surface area contributed by atoms with Gasteiger partial charge in [-0.1, -0.05) is 25.0 Å². The van der Waals surface area contributed by atoms with Gasteiger partial charge in [0.25, 0.3) is 5.89 Å². The minimum absolute atomic E-state index is 0.0501. The molecule has 0 saturated heterocycles. The third-order valence-corrected chi connectivity index (χ3v) is 4.35. The molecule has 2 heterocycles. The van der Waals surface area contributed by atoms with Crippen molar-refractivity contribution in [2.75, 3.05) is 0 Å². The predicted molar refractivity (Wildman–Crippen MR) is 96.3 cm³/mol. The lowest BCUT2D eigenvalue weighted by Crippen LogP contribution is -1.99. The van der Waals surface area contributed by atoms with Crippen molar-refractivity contribution in [3.05, 3.63) is 60.0 Å². The van der Waals surface area contributed by atoms with Gasteiger partial charge in [-0.25, -0.2) is 14.4 Å². The second kappa shape index (κ2) is 8.56. The molecule has 0 bridgehead atoms. The molecule has 0 unspecified atom stereocenters. The number of Topliss-reactive ketones (excluding diaryl/α,β-unsaturated/α-hetero) is 1. The van der Waals surface area contributed by atoms with Gasteiger partial charge in [0.1, 0.15) is 17.9 Å². The molecule has 1 N–H and O–H groups in total. The number of aryl methyl sites for hydroxylation is 2. The van der Waals surface area contributed by atoms with Crippen molar-refractivity contribution in [3.8, 4) is 11.3 Å². The number of carbonyl (C=O) groups excluding carboxylic acids is 1. The van der Waals surface area contributed by atoms with Gasteiger partial charge in [-0.15, -0.1) is 0 Å². The van der Waals surface area contributed by atoms with Crippen LogP contribution in [-0.4, -0.2) is 20.7 Å². The summed E-state index contributed by atoms with van der Waals surface area (Å²) in [7, 11) is 0. The molecule has 2 aromatic heterocycles. The number of halogens is 1. The minimum Gasteiger partial charge on any atom is -0.442 e. The zero-order chi connectivity index (χ0) is 18.4. The zero-order valence-electron chi connectivity index (χ0n) is 14.8. The Balaban J connectivity index is 1.40. The largest absolute Gasteiger partial charge is 0.442 e. The molecule has 6 heteroatoms. The van der Waals surface area contributed by atoms with E-state index >= 15 is 0 Å². The summed E-state index contributed by atoms with van der Waals surface area (Å²) < 4.78 is 19.2. The number of imidazole rings is 1. The van der Waals surface area contributed by atoms with Gasteiger partial charge in [-0.05, 0) is 31.4 Å². The predicted octanol–water partition coefficient (Wildman–Crippen LogP) is 4.89. The van der Waals surface area contributed by atoms with E-state index in [1.165, 1.54) is 12.5 Å². The Labute approximate surface area is 151 Å². The fraction of sp³-hybridized carbons (Fsp3) is 0.350. The summed E-state index contributed by atoms with van der Waals surface area (Å²) in [5.74, 6) is 0.789. The van der Waals surface area contributed by atoms with Crippen molar-refractivity contribution in [2.45, 2.75) is 45.4 Å². The number of aromatic amines is 1. The number of oxazole rings is 1. The Bertz CT molecular complexity index is 856. The maximum atomic E-state index is 14.2. The SMILES string of the molecule is Cc1cccc(-c2cnc(CCCCCCC(=O)c3ncco3)[nH]2)c1F. The molecule has 0 amide bonds. The maximum absolute atomic E-state index is 14.2. The first-order chi connectivity index (χ1) is 12.6. The molecule has 0 atom stereocenters. The summed E-state index contributed by atoms with van der Waals surface area (Å²) in [5.41, 5.74) is 1.88. The number of H-pyrrole nitrogens is 1. The highest BCUT2D eigenvalue weighted by Crippen LogP contribution is 2.23. The van der Waals surface area contributed by atoms with Crippen LogP contribution in [0.25, 0.3) is 11.3 Å². The van der Waals surface area contributed by atoms with Crippen molar-refractivity contribution in [1.29, 1.82) is 0 Å². The first-order valence-electron chi connectivity index (χ1n) is 8.87. The molecule has 3 rings (SSSR count). The number of ketones is 1. The van der Waals surface area contributed by atoms with Crippen molar-refractivity contribution < 1.29 is 13.6 Å². The third-order valence-electron chi connectivity index (χ3n) is 4.35. The number of hydrogen-bond donors (Lipinski definition) is 1. The fourth-order valence-corrected chi connectivity index (χ4v) is 2.88. The Hall–Kier alpha value is -2.76. The molecule has 5 nitrogen and oxygen atoms in total. The first kappa shape index (κ1) is 18.0. The smallest absolute Gasteiger partial charge is 0.263 e. The lowest BCUT2D eigenvalue weighted by atomic mass is 10.1. The Morgan fingerprint density at radius 3 is 2.85 bits per heavy atom. The van der Waals surface area contributed by atoms with E-state index in [4.69, 9.17) is 4.42 Å². The van der Waals surface area contributed by atoms with Gasteiger partial charge in [-0.3, -0.25) is 4.79 Å². The van der Waals surface area contributed by atoms with Gasteiger partial charge >= 0.3 is 0 Å². The number of unbranched alkanes of at least 4 members (excludes halogenated alkanes) is 3. The molecule has 136 valence electrons. The molecule has 0 fully saturated rings. The standard InChI is InChI=1S/C20H22FN3O2/c1-14-7-6-8-15(19(14)21)16-13-23-18(24-16)10-5-3-2-4-9-17(25)20-22-11-12-26-20/h6-8,11-13H,2-5,9-10H2,1H3,(H,23,24). The molecule has 0 spiro atoms. The van der Waals surface area contributed by atoms with E-state index in [0.29, 0.717) is 23.2 Å². The lowest BCUT2D eigenvalue weighted by Gasteiger charge is -2.03. The van der Waals surface area contributed by atoms with Gasteiger partial charge < -0.3 is 9.40 Å². The average Bonchev–Trinajstić information content (AvgIpc) is 3.32. The average molecular weight is 355 g/mol. The van der Waals surface area contributed by atoms with E-state index in [1.54, 1.807) is 25.3 Å². The van der Waals surface area contributed by atoms with E-state index in [2.05, 4.69) is 15.0 Å². The third kappa shape index (κ3) is 4.45. The minimum atomic E-state index is -0.210. The molecule has 1 aromatic carbocycles. The number of hydrogen-bond acceptors (Lipinski definition) is 4. The Kier molecular flexibility index (Phi) is 5.94. The van der Waals surface area contributed by atoms with Gasteiger partial charge in [0.2, 0.25) is 5.78 Å². The molecular formula is C20H22FN3O2.